The maximum absolute atomic E-state index is 14.3. The van der Waals surface area contributed by atoms with Gasteiger partial charge in [-0.05, 0) is 43.5 Å². The number of carbonyl (C=O) groups excluding carboxylic acids is 2. The number of benzene rings is 1. The fourth-order valence-electron chi connectivity index (χ4n) is 6.03. The van der Waals surface area contributed by atoms with E-state index in [0.717, 1.165) is 31.7 Å². The number of nitrogens with zero attached hydrogens (tertiary/aromatic N) is 4. The summed E-state index contributed by atoms with van der Waals surface area (Å²) in [5.41, 5.74) is 0.951. The molecule has 11 nitrogen and oxygen atoms in total. The number of amides is 2. The minimum atomic E-state index is -1.23. The quantitative estimate of drug-likeness (QED) is 0.497. The van der Waals surface area contributed by atoms with Crippen LogP contribution in [0.25, 0.3) is 0 Å². The summed E-state index contributed by atoms with van der Waals surface area (Å²) < 4.78 is 16.9. The van der Waals surface area contributed by atoms with E-state index in [1.165, 1.54) is 14.0 Å². The maximum Gasteiger partial charge on any atom is 0.237 e. The molecule has 2 amide bonds. The van der Waals surface area contributed by atoms with Gasteiger partial charge < -0.3 is 39.1 Å². The molecule has 0 aromatic heterocycles. The molecule has 2 heterocycles. The summed E-state index contributed by atoms with van der Waals surface area (Å²) in [6.07, 6.45) is -1.81. The average Bonchev–Trinajstić information content (AvgIpc) is 2.99. The van der Waals surface area contributed by atoms with E-state index in [9.17, 15) is 19.8 Å². The zero-order valence-electron chi connectivity index (χ0n) is 27.0. The smallest absolute Gasteiger partial charge is 0.237 e. The minimum Gasteiger partial charge on any atom is -0.497 e. The van der Waals surface area contributed by atoms with Gasteiger partial charge in [-0.1, -0.05) is 26.0 Å². The molecule has 0 aliphatic carbocycles. The lowest BCUT2D eigenvalue weighted by Crippen LogP contribution is -2.52. The van der Waals surface area contributed by atoms with Crippen LogP contribution in [0.1, 0.15) is 45.2 Å². The Morgan fingerprint density at radius 3 is 2.40 bits per heavy atom. The van der Waals surface area contributed by atoms with Crippen LogP contribution < -0.4 is 4.74 Å². The van der Waals surface area contributed by atoms with Gasteiger partial charge >= 0.3 is 0 Å². The van der Waals surface area contributed by atoms with Crippen molar-refractivity contribution >= 4 is 11.8 Å². The van der Waals surface area contributed by atoms with Crippen LogP contribution in [-0.4, -0.2) is 147 Å². The Balaban J connectivity index is 2.07. The predicted octanol–water partition coefficient (Wildman–Crippen LogP) is 1.48. The molecule has 2 N–H and O–H groups in total. The first kappa shape index (κ1) is 35.2. The van der Waals surface area contributed by atoms with E-state index in [1.807, 2.05) is 29.2 Å². The SMILES string of the molecule is COc1cccc([C@@H]2[C@@H](C(C)C)CN(C(C)=O)C[C@H](OC)[C@@H](O)[C@@H](O)COCCCCN2C(=O)CN2CCN(C)CC2)c1. The van der Waals surface area contributed by atoms with Crippen molar-refractivity contribution in [3.63, 3.8) is 0 Å². The lowest BCUT2D eigenvalue weighted by atomic mass is 9.82. The normalized spacial score (nSPS) is 27.9. The van der Waals surface area contributed by atoms with Gasteiger partial charge in [-0.15, -0.1) is 0 Å². The molecule has 0 spiro atoms. The number of aliphatic hydroxyl groups excluding tert-OH is 2. The van der Waals surface area contributed by atoms with Gasteiger partial charge in [0.15, 0.2) is 0 Å². The van der Waals surface area contributed by atoms with E-state index >= 15 is 0 Å². The number of likely N-dealkylation sites (N-methyl/N-ethyl adjacent to an activating group) is 1. The van der Waals surface area contributed by atoms with Crippen molar-refractivity contribution in [3.8, 4) is 5.75 Å². The van der Waals surface area contributed by atoms with E-state index < -0.39 is 18.3 Å². The third kappa shape index (κ3) is 10.1. The monoisotopic (exact) mass is 606 g/mol. The van der Waals surface area contributed by atoms with E-state index in [4.69, 9.17) is 14.2 Å². The molecule has 2 aliphatic rings. The van der Waals surface area contributed by atoms with Crippen molar-refractivity contribution in [3.05, 3.63) is 29.8 Å². The van der Waals surface area contributed by atoms with E-state index in [1.54, 1.807) is 12.0 Å². The van der Waals surface area contributed by atoms with Crippen molar-refractivity contribution in [2.45, 2.75) is 58.0 Å². The molecule has 0 saturated carbocycles. The van der Waals surface area contributed by atoms with Crippen molar-refractivity contribution in [1.29, 1.82) is 0 Å². The summed E-state index contributed by atoms with van der Waals surface area (Å²) in [5, 5.41) is 21.5. The fourth-order valence-corrected chi connectivity index (χ4v) is 6.03. The lowest BCUT2D eigenvalue weighted by molar-refractivity contribution is -0.140. The van der Waals surface area contributed by atoms with Crippen LogP contribution in [0.15, 0.2) is 24.3 Å². The Bertz CT molecular complexity index is 1000. The third-order valence-electron chi connectivity index (χ3n) is 8.89. The fraction of sp³-hybridized carbons (Fsp3) is 0.750. The van der Waals surface area contributed by atoms with Crippen LogP contribution >= 0.6 is 0 Å². The highest BCUT2D eigenvalue weighted by Crippen LogP contribution is 2.37. The topological polar surface area (TPSA) is 115 Å². The van der Waals surface area contributed by atoms with Gasteiger partial charge in [0.1, 0.15) is 24.1 Å². The van der Waals surface area contributed by atoms with E-state index in [0.29, 0.717) is 44.8 Å². The van der Waals surface area contributed by atoms with Crippen molar-refractivity contribution in [2.24, 2.45) is 11.8 Å². The van der Waals surface area contributed by atoms with Gasteiger partial charge in [-0.3, -0.25) is 14.5 Å². The zero-order chi connectivity index (χ0) is 31.5. The average molecular weight is 607 g/mol. The summed E-state index contributed by atoms with van der Waals surface area (Å²) in [6, 6.07) is 7.53. The molecule has 3 rings (SSSR count). The Morgan fingerprint density at radius 2 is 1.77 bits per heavy atom. The van der Waals surface area contributed by atoms with Gasteiger partial charge in [0.05, 0.1) is 26.3 Å². The third-order valence-corrected chi connectivity index (χ3v) is 8.89. The molecule has 0 radical (unpaired) electrons. The lowest BCUT2D eigenvalue weighted by Gasteiger charge is -2.43. The molecule has 2 aliphatic heterocycles. The van der Waals surface area contributed by atoms with Gasteiger partial charge in [-0.2, -0.15) is 0 Å². The zero-order valence-corrected chi connectivity index (χ0v) is 27.0. The summed E-state index contributed by atoms with van der Waals surface area (Å²) in [6.45, 7) is 10.9. The molecule has 0 unspecified atom stereocenters. The van der Waals surface area contributed by atoms with Crippen molar-refractivity contribution in [2.75, 3.05) is 86.8 Å². The molecule has 2 saturated heterocycles. The van der Waals surface area contributed by atoms with Crippen LogP contribution in [-0.2, 0) is 19.1 Å². The number of methoxy groups -OCH3 is 2. The molecule has 1 aromatic carbocycles. The number of piperazine rings is 1. The van der Waals surface area contributed by atoms with Gasteiger partial charge in [-0.25, -0.2) is 0 Å². The molecule has 5 atom stereocenters. The molecule has 1 aromatic rings. The second kappa shape index (κ2) is 17.3. The number of rotatable bonds is 6. The Labute approximate surface area is 257 Å². The first-order valence-electron chi connectivity index (χ1n) is 15.6. The number of carbonyl (C=O) groups is 2. The van der Waals surface area contributed by atoms with Crippen LogP contribution in [0.5, 0.6) is 5.75 Å². The van der Waals surface area contributed by atoms with Gasteiger partial charge in [0.25, 0.3) is 0 Å². The molecule has 43 heavy (non-hydrogen) atoms. The number of aliphatic hydroxyl groups is 2. The van der Waals surface area contributed by atoms with Crippen LogP contribution in [0.2, 0.25) is 0 Å². The minimum absolute atomic E-state index is 0.0474. The highest BCUT2D eigenvalue weighted by atomic mass is 16.5. The molecule has 11 heteroatoms. The second-order valence-corrected chi connectivity index (χ2v) is 12.3. The van der Waals surface area contributed by atoms with Crippen LogP contribution in [0.4, 0.5) is 0 Å². The molecular formula is C32H54N4O7. The first-order chi connectivity index (χ1) is 20.5. The van der Waals surface area contributed by atoms with Crippen LogP contribution in [0.3, 0.4) is 0 Å². The summed E-state index contributed by atoms with van der Waals surface area (Å²) in [5.74, 6) is 0.537. The number of ether oxygens (including phenoxy) is 3. The highest BCUT2D eigenvalue weighted by molar-refractivity contribution is 5.79. The van der Waals surface area contributed by atoms with Crippen molar-refractivity contribution in [1.82, 2.24) is 19.6 Å². The largest absolute Gasteiger partial charge is 0.497 e. The van der Waals surface area contributed by atoms with E-state index in [-0.39, 0.29) is 42.8 Å². The summed E-state index contributed by atoms with van der Waals surface area (Å²) in [7, 11) is 5.20. The van der Waals surface area contributed by atoms with Gasteiger partial charge in [0.2, 0.25) is 11.8 Å². The predicted molar refractivity (Wildman–Crippen MR) is 165 cm³/mol. The first-order valence-corrected chi connectivity index (χ1v) is 15.6. The Hall–Kier alpha value is -2.28. The standard InChI is InChI=1S/C32H54N4O7/c1-23(2)27-19-35(24(3)37)20-29(42-6)32(40)28(38)22-43-17-8-7-12-36(30(39)21-34-15-13-33(4)14-16-34)31(27)25-10-9-11-26(18-25)41-5/h9-11,18,23,27-29,31-32,38,40H,7-8,12-17,19-22H2,1-6H3/t27-,28+,29+,31-,32+/m1/s1. The molecule has 0 bridgehead atoms. The Kier molecular flexibility index (Phi) is 14.1. The number of hydrogen-bond acceptors (Lipinski definition) is 9. The summed E-state index contributed by atoms with van der Waals surface area (Å²) >= 11 is 0. The highest BCUT2D eigenvalue weighted by Gasteiger charge is 2.38. The molecular weight excluding hydrogens is 552 g/mol. The second-order valence-electron chi connectivity index (χ2n) is 12.3. The molecule has 2 fully saturated rings. The maximum atomic E-state index is 14.3. The molecule has 244 valence electrons. The Morgan fingerprint density at radius 1 is 1.05 bits per heavy atom. The van der Waals surface area contributed by atoms with Gasteiger partial charge in [0, 0.05) is 72.4 Å². The van der Waals surface area contributed by atoms with Crippen molar-refractivity contribution < 1.29 is 34.0 Å². The summed E-state index contributed by atoms with van der Waals surface area (Å²) in [4.78, 5) is 35.5. The number of hydrogen-bond donors (Lipinski definition) is 2. The van der Waals surface area contributed by atoms with E-state index in [2.05, 4.69) is 30.7 Å². The van der Waals surface area contributed by atoms with Crippen LogP contribution in [0, 0.1) is 11.8 Å².